The van der Waals surface area contributed by atoms with E-state index in [-0.39, 0.29) is 0 Å². The molecule has 0 bridgehead atoms. The van der Waals surface area contributed by atoms with Crippen molar-refractivity contribution in [2.45, 2.75) is 44.5 Å². The molecule has 0 aromatic carbocycles. The maximum atomic E-state index is 11.7. The van der Waals surface area contributed by atoms with E-state index in [1.807, 2.05) is 12.1 Å². The van der Waals surface area contributed by atoms with E-state index in [2.05, 4.69) is 9.97 Å². The van der Waals surface area contributed by atoms with Gasteiger partial charge in [-0.25, -0.2) is 0 Å². The summed E-state index contributed by atoms with van der Waals surface area (Å²) in [7, 11) is 0. The fourth-order valence-electron chi connectivity index (χ4n) is 3.09. The van der Waals surface area contributed by atoms with Gasteiger partial charge in [-0.1, -0.05) is 0 Å². The third kappa shape index (κ3) is 6.17. The van der Waals surface area contributed by atoms with E-state index in [4.69, 9.17) is 18.9 Å². The Hall–Kier alpha value is -3.14. The summed E-state index contributed by atoms with van der Waals surface area (Å²) in [5, 5.41) is 0. The number of esters is 3. The lowest BCUT2D eigenvalue weighted by Gasteiger charge is -2.39. The van der Waals surface area contributed by atoms with E-state index in [9.17, 15) is 14.4 Å². The van der Waals surface area contributed by atoms with Gasteiger partial charge in [0.1, 0.15) is 5.75 Å². The monoisotopic (exact) mass is 446 g/mol. The molecule has 4 atom stereocenters. The molecule has 1 saturated heterocycles. The van der Waals surface area contributed by atoms with E-state index < -0.39 is 41.7 Å². The average molecular weight is 446 g/mol. The Kier molecular flexibility index (Phi) is 7.45. The molecule has 31 heavy (non-hydrogen) atoms. The van der Waals surface area contributed by atoms with Gasteiger partial charge < -0.3 is 18.9 Å². The van der Waals surface area contributed by atoms with Crippen molar-refractivity contribution in [3.63, 3.8) is 0 Å². The topological polar surface area (TPSA) is 114 Å². The zero-order valence-electron chi connectivity index (χ0n) is 17.2. The minimum atomic E-state index is -0.999. The molecular weight excluding hydrogens is 424 g/mol. The van der Waals surface area contributed by atoms with Crippen molar-refractivity contribution in [3.8, 4) is 17.0 Å². The Morgan fingerprint density at radius 3 is 2.13 bits per heavy atom. The van der Waals surface area contributed by atoms with Crippen molar-refractivity contribution in [2.24, 2.45) is 0 Å². The molecule has 1 aliphatic rings. The second kappa shape index (κ2) is 10.3. The highest BCUT2D eigenvalue weighted by Gasteiger charge is 2.47. The summed E-state index contributed by atoms with van der Waals surface area (Å²) in [6.45, 7) is 3.73. The van der Waals surface area contributed by atoms with Crippen LogP contribution >= 0.6 is 11.8 Å². The molecule has 1 aliphatic heterocycles. The molecule has 1 fully saturated rings. The van der Waals surface area contributed by atoms with Crippen molar-refractivity contribution in [1.29, 1.82) is 0 Å². The Morgan fingerprint density at radius 1 is 0.903 bits per heavy atom. The number of pyridine rings is 2. The number of aromatic nitrogens is 2. The lowest BCUT2D eigenvalue weighted by atomic mass is 10.1. The molecular formula is C21H22N2O7S. The molecule has 0 saturated carbocycles. The van der Waals surface area contributed by atoms with Crippen LogP contribution in [0.5, 0.6) is 5.75 Å². The van der Waals surface area contributed by atoms with Crippen LogP contribution in [0, 0.1) is 0 Å². The fourth-order valence-corrected chi connectivity index (χ4v) is 4.30. The molecule has 0 amide bonds. The minimum absolute atomic E-state index is 0.294. The van der Waals surface area contributed by atoms with Gasteiger partial charge in [-0.15, -0.1) is 11.8 Å². The number of nitrogens with zero attached hydrogens (tertiary/aromatic N) is 2. The molecule has 2 aromatic heterocycles. The smallest absolute Gasteiger partial charge is 0.303 e. The van der Waals surface area contributed by atoms with Gasteiger partial charge in [0.15, 0.2) is 23.7 Å². The highest BCUT2D eigenvalue weighted by atomic mass is 32.2. The SMILES string of the molecule is CC(=O)O[C@@H]1[C@@H](OC(C)=O)[C@H](OC(C)=O)CS[C@H]1Oc1ccc(-c2ccncc2)nc1. The molecule has 2 aromatic rings. The summed E-state index contributed by atoms with van der Waals surface area (Å²) in [5.74, 6) is -0.957. The predicted molar refractivity (Wildman–Crippen MR) is 111 cm³/mol. The summed E-state index contributed by atoms with van der Waals surface area (Å²) in [6.07, 6.45) is 2.16. The van der Waals surface area contributed by atoms with Gasteiger partial charge in [0.2, 0.25) is 0 Å². The second-order valence-electron chi connectivity index (χ2n) is 6.73. The number of hydrogen-bond acceptors (Lipinski definition) is 10. The summed E-state index contributed by atoms with van der Waals surface area (Å²) in [5.41, 5.74) is 0.953. The third-order valence-corrected chi connectivity index (χ3v) is 5.48. The number of carbonyl (C=O) groups excluding carboxylic acids is 3. The van der Waals surface area contributed by atoms with Crippen molar-refractivity contribution in [2.75, 3.05) is 5.75 Å². The number of rotatable bonds is 6. The lowest BCUT2D eigenvalue weighted by molar-refractivity contribution is -0.186. The lowest BCUT2D eigenvalue weighted by Crippen LogP contribution is -2.55. The maximum Gasteiger partial charge on any atom is 0.303 e. The van der Waals surface area contributed by atoms with E-state index >= 15 is 0 Å². The number of carbonyl (C=O) groups is 3. The normalized spacial score (nSPS) is 22.8. The van der Waals surface area contributed by atoms with Gasteiger partial charge in [0.05, 0.1) is 11.9 Å². The van der Waals surface area contributed by atoms with Crippen LogP contribution in [0.4, 0.5) is 0 Å². The molecule has 0 spiro atoms. The largest absolute Gasteiger partial charge is 0.474 e. The van der Waals surface area contributed by atoms with E-state index in [1.165, 1.54) is 32.5 Å². The standard InChI is InChI=1S/C21H22N2O7S/c1-12(24)27-18-11-31-21(20(29-14(3)26)19(18)28-13(2)25)30-16-4-5-17(23-10-16)15-6-8-22-9-7-15/h4-10,18-21H,11H2,1-3H3/t18-,19+,20-,21-/m1/s1. The Bertz CT molecular complexity index is 923. The molecule has 0 radical (unpaired) electrons. The molecule has 0 unspecified atom stereocenters. The van der Waals surface area contributed by atoms with Crippen LogP contribution in [0.2, 0.25) is 0 Å². The van der Waals surface area contributed by atoms with Crippen molar-refractivity contribution in [1.82, 2.24) is 9.97 Å². The Labute approximate surface area is 183 Å². The first-order valence-electron chi connectivity index (χ1n) is 9.50. The number of ether oxygens (including phenoxy) is 4. The van der Waals surface area contributed by atoms with Gasteiger partial charge >= 0.3 is 17.9 Å². The predicted octanol–water partition coefficient (Wildman–Crippen LogP) is 2.39. The highest BCUT2D eigenvalue weighted by Crippen LogP contribution is 2.34. The van der Waals surface area contributed by atoms with Crippen molar-refractivity contribution >= 4 is 29.7 Å². The number of hydrogen-bond donors (Lipinski definition) is 0. The molecule has 3 heterocycles. The minimum Gasteiger partial charge on any atom is -0.474 e. The third-order valence-electron chi connectivity index (χ3n) is 4.27. The van der Waals surface area contributed by atoms with Gasteiger partial charge in [-0.2, -0.15) is 0 Å². The summed E-state index contributed by atoms with van der Waals surface area (Å²) >= 11 is 1.29. The van der Waals surface area contributed by atoms with E-state index in [1.54, 1.807) is 30.7 Å². The summed E-state index contributed by atoms with van der Waals surface area (Å²) in [6, 6.07) is 7.22. The van der Waals surface area contributed by atoms with Crippen LogP contribution in [0.1, 0.15) is 20.8 Å². The molecule has 3 rings (SSSR count). The van der Waals surface area contributed by atoms with Crippen molar-refractivity contribution in [3.05, 3.63) is 42.9 Å². The van der Waals surface area contributed by atoms with E-state index in [0.29, 0.717) is 11.5 Å². The Morgan fingerprint density at radius 2 is 1.55 bits per heavy atom. The van der Waals surface area contributed by atoms with Crippen molar-refractivity contribution < 1.29 is 33.3 Å². The summed E-state index contributed by atoms with van der Waals surface area (Å²) < 4.78 is 22.1. The van der Waals surface area contributed by atoms with Gasteiger partial charge in [-0.3, -0.25) is 24.4 Å². The van der Waals surface area contributed by atoms with E-state index in [0.717, 1.165) is 11.3 Å². The first-order valence-corrected chi connectivity index (χ1v) is 10.5. The van der Waals surface area contributed by atoms with Crippen LogP contribution < -0.4 is 4.74 Å². The van der Waals surface area contributed by atoms with Crippen LogP contribution in [0.3, 0.4) is 0 Å². The Balaban J connectivity index is 1.80. The molecule has 0 N–H and O–H groups in total. The first-order chi connectivity index (χ1) is 14.8. The second-order valence-corrected chi connectivity index (χ2v) is 7.86. The molecule has 9 nitrogen and oxygen atoms in total. The highest BCUT2D eigenvalue weighted by molar-refractivity contribution is 7.99. The quantitative estimate of drug-likeness (QED) is 0.484. The fraction of sp³-hybridized carbons (Fsp3) is 0.381. The van der Waals surface area contributed by atoms with Crippen LogP contribution in [-0.2, 0) is 28.6 Å². The van der Waals surface area contributed by atoms with Gasteiger partial charge in [0, 0.05) is 44.5 Å². The summed E-state index contributed by atoms with van der Waals surface area (Å²) in [4.78, 5) is 43.2. The molecule has 164 valence electrons. The molecule has 0 aliphatic carbocycles. The van der Waals surface area contributed by atoms with Gasteiger partial charge in [0.25, 0.3) is 0 Å². The van der Waals surface area contributed by atoms with Gasteiger partial charge in [-0.05, 0) is 24.3 Å². The first kappa shape index (κ1) is 22.5. The van der Waals surface area contributed by atoms with Crippen LogP contribution in [-0.4, -0.2) is 57.4 Å². The maximum absolute atomic E-state index is 11.7. The number of thioether (sulfide) groups is 1. The molecule has 10 heteroatoms. The zero-order chi connectivity index (χ0) is 22.4. The van der Waals surface area contributed by atoms with Crippen LogP contribution in [0.25, 0.3) is 11.3 Å². The van der Waals surface area contributed by atoms with Crippen LogP contribution in [0.15, 0.2) is 42.9 Å². The average Bonchev–Trinajstić information content (AvgIpc) is 2.72. The zero-order valence-corrected chi connectivity index (χ0v) is 18.0.